The van der Waals surface area contributed by atoms with Gasteiger partial charge < -0.3 is 5.32 Å². The molecule has 1 rings (SSSR count). The molecule has 12 heavy (non-hydrogen) atoms. The summed E-state index contributed by atoms with van der Waals surface area (Å²) < 4.78 is 0. The van der Waals surface area contributed by atoms with Crippen molar-refractivity contribution in [3.05, 3.63) is 0 Å². The third-order valence-corrected chi connectivity index (χ3v) is 3.18. The van der Waals surface area contributed by atoms with Crippen molar-refractivity contribution in [3.63, 3.8) is 0 Å². The van der Waals surface area contributed by atoms with Crippen LogP contribution in [0.3, 0.4) is 0 Å². The minimum absolute atomic E-state index is 0.0849. The third kappa shape index (κ3) is 2.71. The first-order valence-electron chi connectivity index (χ1n) is 3.84. The van der Waals surface area contributed by atoms with Crippen LogP contribution in [0.4, 0.5) is 4.79 Å². The van der Waals surface area contributed by atoms with E-state index in [2.05, 4.69) is 5.32 Å². The molecule has 1 saturated heterocycles. The summed E-state index contributed by atoms with van der Waals surface area (Å²) in [5.41, 5.74) is 0. The molecule has 0 aliphatic carbocycles. The van der Waals surface area contributed by atoms with Crippen LogP contribution >= 0.6 is 23.5 Å². The molecule has 1 aliphatic rings. The standard InChI is InChI=1S/C7H11NO2S2/c1-2-11-7(10)8-5-3-4-12-6(5)9/h5H,2-4H2,1H3,(H,8,10)/t5-/m0/s1. The highest BCUT2D eigenvalue weighted by Gasteiger charge is 2.26. The molecule has 0 aromatic heterocycles. The Balaban J connectivity index is 2.30. The lowest BCUT2D eigenvalue weighted by Crippen LogP contribution is -2.34. The number of carbonyl (C=O) groups is 2. The van der Waals surface area contributed by atoms with E-state index < -0.39 is 0 Å². The van der Waals surface area contributed by atoms with E-state index in [1.165, 1.54) is 23.5 Å². The fourth-order valence-corrected chi connectivity index (χ4v) is 2.36. The highest BCUT2D eigenvalue weighted by Crippen LogP contribution is 2.20. The van der Waals surface area contributed by atoms with Crippen molar-refractivity contribution < 1.29 is 9.59 Å². The molecule has 3 nitrogen and oxygen atoms in total. The van der Waals surface area contributed by atoms with Gasteiger partial charge in [0.2, 0.25) is 5.12 Å². The van der Waals surface area contributed by atoms with Crippen molar-refractivity contribution in [2.24, 2.45) is 0 Å². The zero-order valence-electron chi connectivity index (χ0n) is 6.83. The molecule has 5 heteroatoms. The van der Waals surface area contributed by atoms with Crippen molar-refractivity contribution in [3.8, 4) is 0 Å². The SMILES string of the molecule is CCSC(=O)N[C@H]1CCSC1=O. The molecule has 1 atom stereocenters. The zero-order valence-corrected chi connectivity index (χ0v) is 8.46. The molecule has 68 valence electrons. The topological polar surface area (TPSA) is 46.2 Å². The van der Waals surface area contributed by atoms with Crippen LogP contribution in [0.15, 0.2) is 0 Å². The maximum Gasteiger partial charge on any atom is 0.279 e. The van der Waals surface area contributed by atoms with Crippen LogP contribution in [-0.2, 0) is 4.79 Å². The predicted octanol–water partition coefficient (Wildman–Crippen LogP) is 1.48. The zero-order chi connectivity index (χ0) is 8.97. The van der Waals surface area contributed by atoms with E-state index in [9.17, 15) is 9.59 Å². The highest BCUT2D eigenvalue weighted by atomic mass is 32.2. The second-order valence-electron chi connectivity index (χ2n) is 2.37. The number of rotatable bonds is 2. The first-order valence-corrected chi connectivity index (χ1v) is 5.81. The van der Waals surface area contributed by atoms with Gasteiger partial charge in [0.1, 0.15) is 0 Å². The van der Waals surface area contributed by atoms with Crippen molar-refractivity contribution in [1.29, 1.82) is 0 Å². The second kappa shape index (κ2) is 4.77. The Hall–Kier alpha value is -0.160. The van der Waals surface area contributed by atoms with Crippen LogP contribution in [0.25, 0.3) is 0 Å². The van der Waals surface area contributed by atoms with Gasteiger partial charge in [-0.25, -0.2) is 0 Å². The quantitative estimate of drug-likeness (QED) is 0.741. The van der Waals surface area contributed by atoms with Gasteiger partial charge in [0, 0.05) is 5.75 Å². The molecule has 1 fully saturated rings. The van der Waals surface area contributed by atoms with Crippen LogP contribution in [0, 0.1) is 0 Å². The summed E-state index contributed by atoms with van der Waals surface area (Å²) >= 11 is 2.51. The van der Waals surface area contributed by atoms with Crippen LogP contribution in [0.2, 0.25) is 0 Å². The normalized spacial score (nSPS) is 22.8. The van der Waals surface area contributed by atoms with Crippen LogP contribution in [0.1, 0.15) is 13.3 Å². The summed E-state index contributed by atoms with van der Waals surface area (Å²) in [7, 11) is 0. The molecular weight excluding hydrogens is 194 g/mol. The molecule has 1 N–H and O–H groups in total. The molecule has 0 spiro atoms. The van der Waals surface area contributed by atoms with Crippen molar-refractivity contribution in [1.82, 2.24) is 5.32 Å². The molecule has 0 radical (unpaired) electrons. The highest BCUT2D eigenvalue weighted by molar-refractivity contribution is 8.14. The summed E-state index contributed by atoms with van der Waals surface area (Å²) in [6.45, 7) is 1.91. The van der Waals surface area contributed by atoms with Gasteiger partial charge in [0.05, 0.1) is 6.04 Å². The first-order chi connectivity index (χ1) is 5.74. The number of nitrogens with one attached hydrogen (secondary N) is 1. The van der Waals surface area contributed by atoms with Gasteiger partial charge in [0.15, 0.2) is 0 Å². The summed E-state index contributed by atoms with van der Waals surface area (Å²) in [6, 6.07) is -0.235. The van der Waals surface area contributed by atoms with E-state index >= 15 is 0 Å². The molecule has 0 unspecified atom stereocenters. The van der Waals surface area contributed by atoms with Gasteiger partial charge in [0.25, 0.3) is 5.24 Å². The van der Waals surface area contributed by atoms with Crippen molar-refractivity contribution >= 4 is 33.9 Å². The summed E-state index contributed by atoms with van der Waals surface area (Å²) in [5.74, 6) is 1.58. The van der Waals surface area contributed by atoms with Crippen molar-refractivity contribution in [2.45, 2.75) is 19.4 Å². The minimum Gasteiger partial charge on any atom is -0.336 e. The van der Waals surface area contributed by atoms with Gasteiger partial charge in [-0.1, -0.05) is 30.4 Å². The van der Waals surface area contributed by atoms with E-state index in [0.29, 0.717) is 0 Å². The maximum atomic E-state index is 11.1. The summed E-state index contributed by atoms with van der Waals surface area (Å²) in [4.78, 5) is 22.1. The number of thioether (sulfide) groups is 2. The third-order valence-electron chi connectivity index (χ3n) is 1.50. The Morgan fingerprint density at radius 2 is 2.58 bits per heavy atom. The first kappa shape index (κ1) is 9.92. The largest absolute Gasteiger partial charge is 0.336 e. The Kier molecular flexibility index (Phi) is 3.94. The molecule has 0 bridgehead atoms. The molecule has 1 amide bonds. The Morgan fingerprint density at radius 3 is 3.08 bits per heavy atom. The van der Waals surface area contributed by atoms with E-state index in [1.807, 2.05) is 6.92 Å². The smallest absolute Gasteiger partial charge is 0.279 e. The van der Waals surface area contributed by atoms with Crippen molar-refractivity contribution in [2.75, 3.05) is 11.5 Å². The average molecular weight is 205 g/mol. The predicted molar refractivity (Wildman–Crippen MR) is 52.5 cm³/mol. The van der Waals surface area contributed by atoms with Crippen LogP contribution in [0.5, 0.6) is 0 Å². The van der Waals surface area contributed by atoms with Gasteiger partial charge in [-0.05, 0) is 12.2 Å². The minimum atomic E-state index is -0.235. The molecule has 0 aromatic rings. The van der Waals surface area contributed by atoms with Gasteiger partial charge in [-0.3, -0.25) is 9.59 Å². The Labute approximate surface area is 80.0 Å². The lowest BCUT2D eigenvalue weighted by molar-refractivity contribution is -0.112. The monoisotopic (exact) mass is 205 g/mol. The van der Waals surface area contributed by atoms with E-state index in [0.717, 1.165) is 17.9 Å². The van der Waals surface area contributed by atoms with Gasteiger partial charge in [-0.2, -0.15) is 0 Å². The second-order valence-corrected chi connectivity index (χ2v) is 4.71. The van der Waals surface area contributed by atoms with E-state index in [-0.39, 0.29) is 16.4 Å². The fourth-order valence-electron chi connectivity index (χ4n) is 0.942. The van der Waals surface area contributed by atoms with Gasteiger partial charge in [-0.15, -0.1) is 0 Å². The van der Waals surface area contributed by atoms with Crippen LogP contribution < -0.4 is 5.32 Å². The molecule has 1 heterocycles. The Bertz CT molecular complexity index is 196. The average Bonchev–Trinajstić information content (AvgIpc) is 2.37. The van der Waals surface area contributed by atoms with Gasteiger partial charge >= 0.3 is 0 Å². The summed E-state index contributed by atoms with van der Waals surface area (Å²) in [5, 5.41) is 2.70. The lowest BCUT2D eigenvalue weighted by Gasteiger charge is -2.07. The van der Waals surface area contributed by atoms with E-state index in [4.69, 9.17) is 0 Å². The number of amides is 1. The number of hydrogen-bond donors (Lipinski definition) is 1. The Morgan fingerprint density at radius 1 is 1.83 bits per heavy atom. The molecular formula is C7H11NO2S2. The molecule has 0 saturated carbocycles. The summed E-state index contributed by atoms with van der Waals surface area (Å²) in [6.07, 6.45) is 0.777. The molecule has 1 aliphatic heterocycles. The van der Waals surface area contributed by atoms with Crippen LogP contribution in [-0.4, -0.2) is 27.9 Å². The number of hydrogen-bond acceptors (Lipinski definition) is 4. The molecule has 0 aromatic carbocycles. The lowest BCUT2D eigenvalue weighted by atomic mass is 10.3. The number of carbonyl (C=O) groups excluding carboxylic acids is 2. The van der Waals surface area contributed by atoms with E-state index in [1.54, 1.807) is 0 Å². The fraction of sp³-hybridized carbons (Fsp3) is 0.714. The maximum absolute atomic E-state index is 11.1.